The molecule has 100 valence electrons. The summed E-state index contributed by atoms with van der Waals surface area (Å²) >= 11 is 5.82. The molecule has 0 aliphatic heterocycles. The Hall–Kier alpha value is -2.13. The molecule has 0 unspecified atom stereocenters. The zero-order valence-corrected chi connectivity index (χ0v) is 11.2. The van der Waals surface area contributed by atoms with Crippen LogP contribution in [-0.4, -0.2) is 10.8 Å². The Balaban J connectivity index is 1.91. The fourth-order valence-corrected chi connectivity index (χ4v) is 2.34. The average Bonchev–Trinajstić information content (AvgIpc) is 2.84. The molecule has 4 heteroatoms. The summed E-state index contributed by atoms with van der Waals surface area (Å²) in [5.74, 6) is -0.332. The van der Waals surface area contributed by atoms with Crippen molar-refractivity contribution in [2.45, 2.75) is 6.42 Å². The van der Waals surface area contributed by atoms with E-state index in [1.807, 2.05) is 12.1 Å². The van der Waals surface area contributed by atoms with Gasteiger partial charge < -0.3 is 4.98 Å². The topological polar surface area (TPSA) is 32.9 Å². The number of H-pyrrole nitrogens is 1. The number of hydrogen-bond donors (Lipinski definition) is 1. The third-order valence-electron chi connectivity index (χ3n) is 3.22. The first-order chi connectivity index (χ1) is 9.63. The molecule has 20 heavy (non-hydrogen) atoms. The van der Waals surface area contributed by atoms with Crippen LogP contribution in [-0.2, 0) is 6.42 Å². The quantitative estimate of drug-likeness (QED) is 0.712. The van der Waals surface area contributed by atoms with Crippen LogP contribution in [0.3, 0.4) is 0 Å². The van der Waals surface area contributed by atoms with E-state index in [2.05, 4.69) is 4.98 Å². The number of nitrogens with one attached hydrogen (secondary N) is 1. The van der Waals surface area contributed by atoms with Crippen LogP contribution < -0.4 is 0 Å². The Morgan fingerprint density at radius 1 is 1.15 bits per heavy atom. The highest BCUT2D eigenvalue weighted by Crippen LogP contribution is 2.21. The monoisotopic (exact) mass is 287 g/mol. The van der Waals surface area contributed by atoms with E-state index in [-0.39, 0.29) is 11.6 Å². The van der Waals surface area contributed by atoms with E-state index in [4.69, 9.17) is 11.6 Å². The van der Waals surface area contributed by atoms with Gasteiger partial charge >= 0.3 is 0 Å². The standard InChI is InChI=1S/C16H11ClFNO/c17-11-3-1-10(2-4-11)7-16(20)14-9-19-15-8-12(18)5-6-13(14)15/h1-6,8-9,19H,7H2. The Kier molecular flexibility index (Phi) is 3.28. The smallest absolute Gasteiger partial charge is 0.169 e. The van der Waals surface area contributed by atoms with Crippen molar-refractivity contribution in [1.82, 2.24) is 4.98 Å². The minimum atomic E-state index is -0.323. The number of aromatic amines is 1. The summed E-state index contributed by atoms with van der Waals surface area (Å²) in [6.07, 6.45) is 1.92. The number of Topliss-reactive ketones (excluding diaryl/α,β-unsaturated/α-hetero) is 1. The summed E-state index contributed by atoms with van der Waals surface area (Å²) in [6.45, 7) is 0. The number of aromatic nitrogens is 1. The number of benzene rings is 2. The summed E-state index contributed by atoms with van der Waals surface area (Å²) in [6, 6.07) is 11.5. The van der Waals surface area contributed by atoms with Crippen LogP contribution in [0.25, 0.3) is 10.9 Å². The highest BCUT2D eigenvalue weighted by atomic mass is 35.5. The van der Waals surface area contributed by atoms with Crippen molar-refractivity contribution in [3.63, 3.8) is 0 Å². The Labute approximate surface area is 120 Å². The van der Waals surface area contributed by atoms with Gasteiger partial charge in [0.25, 0.3) is 0 Å². The normalized spacial score (nSPS) is 10.9. The van der Waals surface area contributed by atoms with Crippen LogP contribution in [0.1, 0.15) is 15.9 Å². The number of carbonyl (C=O) groups is 1. The molecule has 3 aromatic rings. The van der Waals surface area contributed by atoms with Crippen LogP contribution in [0.15, 0.2) is 48.7 Å². The fourth-order valence-electron chi connectivity index (χ4n) is 2.21. The molecule has 0 radical (unpaired) electrons. The third-order valence-corrected chi connectivity index (χ3v) is 3.47. The second-order valence-corrected chi connectivity index (χ2v) is 5.06. The molecule has 1 heterocycles. The van der Waals surface area contributed by atoms with Crippen LogP contribution in [0, 0.1) is 5.82 Å². The zero-order chi connectivity index (χ0) is 14.1. The maximum Gasteiger partial charge on any atom is 0.169 e. The fraction of sp³-hybridized carbons (Fsp3) is 0.0625. The molecule has 2 nitrogen and oxygen atoms in total. The van der Waals surface area contributed by atoms with Crippen molar-refractivity contribution in [2.24, 2.45) is 0 Å². The number of halogens is 2. The van der Waals surface area contributed by atoms with Crippen molar-refractivity contribution in [2.75, 3.05) is 0 Å². The van der Waals surface area contributed by atoms with Gasteiger partial charge in [-0.15, -0.1) is 0 Å². The molecule has 0 spiro atoms. The maximum atomic E-state index is 13.1. The molecule has 3 rings (SSSR count). The molecule has 0 aliphatic carbocycles. The molecule has 0 fully saturated rings. The lowest BCUT2D eigenvalue weighted by molar-refractivity contribution is 0.0994. The van der Waals surface area contributed by atoms with Crippen molar-refractivity contribution in [1.29, 1.82) is 0 Å². The van der Waals surface area contributed by atoms with Crippen molar-refractivity contribution < 1.29 is 9.18 Å². The Morgan fingerprint density at radius 3 is 2.65 bits per heavy atom. The van der Waals surface area contributed by atoms with Gasteiger partial charge in [-0.05, 0) is 35.9 Å². The van der Waals surface area contributed by atoms with Crippen LogP contribution in [0.2, 0.25) is 5.02 Å². The van der Waals surface area contributed by atoms with Gasteiger partial charge in [-0.2, -0.15) is 0 Å². The third kappa shape index (κ3) is 2.45. The largest absolute Gasteiger partial charge is 0.360 e. The lowest BCUT2D eigenvalue weighted by Crippen LogP contribution is -2.02. The summed E-state index contributed by atoms with van der Waals surface area (Å²) < 4.78 is 13.1. The summed E-state index contributed by atoms with van der Waals surface area (Å²) in [5, 5.41) is 1.38. The second-order valence-electron chi connectivity index (χ2n) is 4.62. The number of rotatable bonds is 3. The van der Waals surface area contributed by atoms with Crippen LogP contribution >= 0.6 is 11.6 Å². The number of carbonyl (C=O) groups excluding carboxylic acids is 1. The minimum Gasteiger partial charge on any atom is -0.360 e. The van der Waals surface area contributed by atoms with Crippen molar-refractivity contribution in [3.8, 4) is 0 Å². The Bertz CT molecular complexity index is 777. The van der Waals surface area contributed by atoms with E-state index >= 15 is 0 Å². The minimum absolute atomic E-state index is 0.00909. The molecule has 0 bridgehead atoms. The van der Waals surface area contributed by atoms with E-state index in [1.165, 1.54) is 12.1 Å². The first-order valence-electron chi connectivity index (χ1n) is 6.18. The summed E-state index contributed by atoms with van der Waals surface area (Å²) in [7, 11) is 0. The van der Waals surface area contributed by atoms with Gasteiger partial charge in [-0.25, -0.2) is 4.39 Å². The van der Waals surface area contributed by atoms with Gasteiger partial charge in [0.05, 0.1) is 0 Å². The molecule has 2 aromatic carbocycles. The first-order valence-corrected chi connectivity index (χ1v) is 6.55. The van der Waals surface area contributed by atoms with Crippen molar-refractivity contribution >= 4 is 28.3 Å². The molecule has 0 atom stereocenters. The van der Waals surface area contributed by atoms with E-state index in [0.717, 1.165) is 10.9 Å². The van der Waals surface area contributed by atoms with E-state index < -0.39 is 0 Å². The SMILES string of the molecule is O=C(Cc1ccc(Cl)cc1)c1c[nH]c2cc(F)ccc12. The van der Waals surface area contributed by atoms with E-state index in [0.29, 0.717) is 22.5 Å². The lowest BCUT2D eigenvalue weighted by Gasteiger charge is -2.01. The molecule has 1 aromatic heterocycles. The number of fused-ring (bicyclic) bond motifs is 1. The lowest BCUT2D eigenvalue weighted by atomic mass is 10.0. The Morgan fingerprint density at radius 2 is 1.90 bits per heavy atom. The predicted molar refractivity (Wildman–Crippen MR) is 77.7 cm³/mol. The predicted octanol–water partition coefficient (Wildman–Crippen LogP) is 4.39. The maximum absolute atomic E-state index is 13.1. The van der Waals surface area contributed by atoms with Crippen LogP contribution in [0.4, 0.5) is 4.39 Å². The first kappa shape index (κ1) is 12.9. The summed E-state index contributed by atoms with van der Waals surface area (Å²) in [4.78, 5) is 15.2. The molecule has 0 aliphatic rings. The van der Waals surface area contributed by atoms with E-state index in [9.17, 15) is 9.18 Å². The van der Waals surface area contributed by atoms with Gasteiger partial charge in [-0.3, -0.25) is 4.79 Å². The molecule has 1 N–H and O–H groups in total. The highest BCUT2D eigenvalue weighted by Gasteiger charge is 2.13. The zero-order valence-electron chi connectivity index (χ0n) is 10.5. The van der Waals surface area contributed by atoms with Gasteiger partial charge in [0.1, 0.15) is 5.82 Å². The van der Waals surface area contributed by atoms with Crippen molar-refractivity contribution in [3.05, 3.63) is 70.6 Å². The van der Waals surface area contributed by atoms with E-state index in [1.54, 1.807) is 24.4 Å². The van der Waals surface area contributed by atoms with Gasteiger partial charge in [-0.1, -0.05) is 23.7 Å². The van der Waals surface area contributed by atoms with Crippen LogP contribution in [0.5, 0.6) is 0 Å². The van der Waals surface area contributed by atoms with Gasteiger partial charge in [0, 0.05) is 34.1 Å². The molecular formula is C16H11ClFNO. The average molecular weight is 288 g/mol. The molecule has 0 amide bonds. The second kappa shape index (κ2) is 5.10. The molecular weight excluding hydrogens is 277 g/mol. The van der Waals surface area contributed by atoms with Gasteiger partial charge in [0.15, 0.2) is 5.78 Å². The number of ketones is 1. The number of hydrogen-bond acceptors (Lipinski definition) is 1. The highest BCUT2D eigenvalue weighted by molar-refractivity contribution is 6.30. The van der Waals surface area contributed by atoms with Gasteiger partial charge in [0.2, 0.25) is 0 Å². The molecule has 0 saturated carbocycles. The molecule has 0 saturated heterocycles. The summed E-state index contributed by atoms with van der Waals surface area (Å²) in [5.41, 5.74) is 2.11.